The number of carboxylic acids is 1. The first kappa shape index (κ1) is 23.3. The first-order valence-electron chi connectivity index (χ1n) is 11.4. The van der Waals surface area contributed by atoms with Gasteiger partial charge in [0.05, 0.1) is 12.1 Å². The molecule has 34 heavy (non-hydrogen) atoms. The highest BCUT2D eigenvalue weighted by Crippen LogP contribution is 2.24. The quantitative estimate of drug-likeness (QED) is 0.507. The summed E-state index contributed by atoms with van der Waals surface area (Å²) in [6.45, 7) is 2.05. The van der Waals surface area contributed by atoms with Gasteiger partial charge in [0.25, 0.3) is 0 Å². The molecule has 1 saturated heterocycles. The van der Waals surface area contributed by atoms with Crippen molar-refractivity contribution in [2.75, 3.05) is 36.9 Å². The van der Waals surface area contributed by atoms with Crippen molar-refractivity contribution in [1.82, 2.24) is 4.90 Å². The molecule has 0 bridgehead atoms. The van der Waals surface area contributed by atoms with E-state index in [1.54, 1.807) is 12.1 Å². The van der Waals surface area contributed by atoms with Gasteiger partial charge >= 0.3 is 5.97 Å². The number of likely N-dealkylation sites (N-methyl/N-ethyl adjacent to an activating group) is 1. The van der Waals surface area contributed by atoms with Gasteiger partial charge < -0.3 is 20.1 Å². The molecule has 0 unspecified atom stereocenters. The van der Waals surface area contributed by atoms with Gasteiger partial charge in [0.15, 0.2) is 0 Å². The third-order valence-corrected chi connectivity index (χ3v) is 6.08. The molecular formula is C27H29N3O4. The van der Waals surface area contributed by atoms with Gasteiger partial charge in [-0.3, -0.25) is 9.69 Å². The first-order valence-corrected chi connectivity index (χ1v) is 11.4. The summed E-state index contributed by atoms with van der Waals surface area (Å²) in [5.41, 5.74) is 2.06. The number of ether oxygens (including phenoxy) is 1. The van der Waals surface area contributed by atoms with Crippen molar-refractivity contribution < 1.29 is 19.4 Å². The molecule has 1 aliphatic rings. The van der Waals surface area contributed by atoms with Gasteiger partial charge in [0.2, 0.25) is 5.91 Å². The van der Waals surface area contributed by atoms with Crippen molar-refractivity contribution in [1.29, 1.82) is 0 Å². The fraction of sp³-hybridized carbons (Fsp3) is 0.259. The summed E-state index contributed by atoms with van der Waals surface area (Å²) >= 11 is 0. The lowest BCUT2D eigenvalue weighted by Gasteiger charge is -2.37. The molecule has 0 aromatic heterocycles. The van der Waals surface area contributed by atoms with E-state index in [0.29, 0.717) is 23.9 Å². The Hall–Kier alpha value is -3.84. The van der Waals surface area contributed by atoms with E-state index in [2.05, 4.69) is 15.1 Å². The molecule has 0 spiro atoms. The van der Waals surface area contributed by atoms with Gasteiger partial charge in [0, 0.05) is 30.5 Å². The normalized spacial score (nSPS) is 14.1. The summed E-state index contributed by atoms with van der Waals surface area (Å²) in [6, 6.07) is 24.2. The number of nitrogens with one attached hydrogen (secondary N) is 1. The number of carboxylic acid groups (broad SMARTS) is 1. The summed E-state index contributed by atoms with van der Waals surface area (Å²) in [5, 5.41) is 12.0. The maximum atomic E-state index is 12.6. The number of hydrogen-bond acceptors (Lipinski definition) is 5. The van der Waals surface area contributed by atoms with Crippen molar-refractivity contribution in [2.24, 2.45) is 0 Å². The number of rotatable bonds is 8. The maximum Gasteiger partial charge on any atom is 0.335 e. The van der Waals surface area contributed by atoms with Crippen molar-refractivity contribution in [2.45, 2.75) is 18.9 Å². The van der Waals surface area contributed by atoms with E-state index in [0.717, 1.165) is 43.1 Å². The average Bonchev–Trinajstić information content (AvgIpc) is 2.86. The molecule has 1 heterocycles. The van der Waals surface area contributed by atoms with Gasteiger partial charge in [-0.15, -0.1) is 0 Å². The summed E-state index contributed by atoms with van der Waals surface area (Å²) in [4.78, 5) is 28.0. The lowest BCUT2D eigenvalue weighted by atomic mass is 10.0. The van der Waals surface area contributed by atoms with Crippen LogP contribution < -0.4 is 15.0 Å². The number of para-hydroxylation sites is 1. The van der Waals surface area contributed by atoms with E-state index in [1.807, 2.05) is 73.8 Å². The Kier molecular flexibility index (Phi) is 7.44. The number of anilines is 2. The molecule has 0 atom stereocenters. The van der Waals surface area contributed by atoms with E-state index in [4.69, 9.17) is 9.84 Å². The van der Waals surface area contributed by atoms with Crippen LogP contribution in [0.15, 0.2) is 78.9 Å². The number of amides is 1. The minimum absolute atomic E-state index is 0.0501. The zero-order valence-corrected chi connectivity index (χ0v) is 19.2. The van der Waals surface area contributed by atoms with E-state index in [-0.39, 0.29) is 5.91 Å². The number of piperidine rings is 1. The standard InChI is InChI=1S/C27H29N3O4/c1-29(22-15-17-30(18-16-22)23-11-7-20(8-12-23)27(32)33)19-26(31)28-21-9-13-25(14-10-21)34-24-5-3-2-4-6-24/h2-14,22H,15-19H2,1H3,(H,28,31)(H,32,33). The number of carbonyl (C=O) groups excluding carboxylic acids is 1. The molecule has 4 rings (SSSR count). The monoisotopic (exact) mass is 459 g/mol. The van der Waals surface area contributed by atoms with Crippen LogP contribution in [-0.4, -0.2) is 54.6 Å². The minimum Gasteiger partial charge on any atom is -0.478 e. The molecule has 0 saturated carbocycles. The van der Waals surface area contributed by atoms with Crippen molar-refractivity contribution in [3.05, 3.63) is 84.4 Å². The highest BCUT2D eigenvalue weighted by molar-refractivity contribution is 5.92. The van der Waals surface area contributed by atoms with Gasteiger partial charge in [-0.1, -0.05) is 18.2 Å². The minimum atomic E-state index is -0.915. The Labute approximate surface area is 199 Å². The van der Waals surface area contributed by atoms with Crippen LogP contribution in [0.5, 0.6) is 11.5 Å². The summed E-state index contributed by atoms with van der Waals surface area (Å²) < 4.78 is 5.79. The Morgan fingerprint density at radius 1 is 0.941 bits per heavy atom. The molecule has 176 valence electrons. The van der Waals surface area contributed by atoms with E-state index in [1.165, 1.54) is 0 Å². The topological polar surface area (TPSA) is 82.1 Å². The van der Waals surface area contributed by atoms with E-state index < -0.39 is 5.97 Å². The van der Waals surface area contributed by atoms with Crippen molar-refractivity contribution in [3.8, 4) is 11.5 Å². The van der Waals surface area contributed by atoms with Crippen LogP contribution in [0.2, 0.25) is 0 Å². The fourth-order valence-corrected chi connectivity index (χ4v) is 4.17. The van der Waals surface area contributed by atoms with Gasteiger partial charge in [-0.05, 0) is 80.6 Å². The van der Waals surface area contributed by atoms with Crippen molar-refractivity contribution in [3.63, 3.8) is 0 Å². The van der Waals surface area contributed by atoms with Crippen LogP contribution in [0.1, 0.15) is 23.2 Å². The number of carbonyl (C=O) groups is 2. The Bertz CT molecular complexity index is 1090. The van der Waals surface area contributed by atoms with Crippen LogP contribution in [0, 0.1) is 0 Å². The molecule has 1 fully saturated rings. The molecule has 0 aliphatic carbocycles. The number of hydrogen-bond donors (Lipinski definition) is 2. The van der Waals surface area contributed by atoms with Crippen LogP contribution >= 0.6 is 0 Å². The first-order chi connectivity index (χ1) is 16.5. The summed E-state index contributed by atoms with van der Waals surface area (Å²) in [6.07, 6.45) is 1.88. The van der Waals surface area contributed by atoms with Crippen molar-refractivity contribution >= 4 is 23.3 Å². The van der Waals surface area contributed by atoms with E-state index in [9.17, 15) is 9.59 Å². The lowest BCUT2D eigenvalue weighted by Crippen LogP contribution is -2.45. The van der Waals surface area contributed by atoms with Crippen LogP contribution in [0.4, 0.5) is 11.4 Å². The fourth-order valence-electron chi connectivity index (χ4n) is 4.17. The third kappa shape index (κ3) is 6.14. The van der Waals surface area contributed by atoms with Gasteiger partial charge in [-0.2, -0.15) is 0 Å². The predicted octanol–water partition coefficient (Wildman–Crippen LogP) is 4.72. The Balaban J connectivity index is 1.23. The zero-order valence-electron chi connectivity index (χ0n) is 19.2. The SMILES string of the molecule is CN(CC(=O)Nc1ccc(Oc2ccccc2)cc1)C1CCN(c2ccc(C(=O)O)cc2)CC1. The zero-order chi connectivity index (χ0) is 23.9. The van der Waals surface area contributed by atoms with Gasteiger partial charge in [-0.25, -0.2) is 4.79 Å². The smallest absolute Gasteiger partial charge is 0.335 e. The highest BCUT2D eigenvalue weighted by atomic mass is 16.5. The predicted molar refractivity (Wildman–Crippen MR) is 133 cm³/mol. The van der Waals surface area contributed by atoms with Gasteiger partial charge in [0.1, 0.15) is 11.5 Å². The van der Waals surface area contributed by atoms with Crippen LogP contribution in [-0.2, 0) is 4.79 Å². The average molecular weight is 460 g/mol. The van der Waals surface area contributed by atoms with E-state index >= 15 is 0 Å². The number of benzene rings is 3. The number of aromatic carboxylic acids is 1. The lowest BCUT2D eigenvalue weighted by molar-refractivity contribution is -0.117. The molecule has 1 amide bonds. The third-order valence-electron chi connectivity index (χ3n) is 6.08. The summed E-state index contributed by atoms with van der Waals surface area (Å²) in [7, 11) is 1.98. The molecule has 0 radical (unpaired) electrons. The second-order valence-corrected chi connectivity index (χ2v) is 8.47. The molecular weight excluding hydrogens is 430 g/mol. The second kappa shape index (κ2) is 10.9. The maximum absolute atomic E-state index is 12.6. The molecule has 7 nitrogen and oxygen atoms in total. The van der Waals surface area contributed by atoms with Crippen LogP contribution in [0.3, 0.4) is 0 Å². The number of nitrogens with zero attached hydrogens (tertiary/aromatic N) is 2. The molecule has 1 aliphatic heterocycles. The molecule has 7 heteroatoms. The molecule has 2 N–H and O–H groups in total. The second-order valence-electron chi connectivity index (χ2n) is 8.47. The summed E-state index contributed by atoms with van der Waals surface area (Å²) in [5.74, 6) is 0.516. The highest BCUT2D eigenvalue weighted by Gasteiger charge is 2.24. The molecule has 3 aromatic rings. The molecule has 3 aromatic carbocycles. The Morgan fingerprint density at radius 3 is 2.18 bits per heavy atom. The largest absolute Gasteiger partial charge is 0.478 e. The van der Waals surface area contributed by atoms with Crippen LogP contribution in [0.25, 0.3) is 0 Å². The Morgan fingerprint density at radius 2 is 1.56 bits per heavy atom.